The van der Waals surface area contributed by atoms with Crippen molar-refractivity contribution in [3.8, 4) is 0 Å². The highest BCUT2D eigenvalue weighted by atomic mass is 16.1. The van der Waals surface area contributed by atoms with Crippen molar-refractivity contribution in [3.05, 3.63) is 41.2 Å². The van der Waals surface area contributed by atoms with Crippen LogP contribution in [0.25, 0.3) is 0 Å². The lowest BCUT2D eigenvalue weighted by Crippen LogP contribution is -2.39. The number of carbonyl (C=O) groups excluding carboxylic acids is 2. The van der Waals surface area contributed by atoms with Gasteiger partial charge in [0.25, 0.3) is 5.91 Å². The molecular weight excluding hydrogens is 332 g/mol. The van der Waals surface area contributed by atoms with Crippen LogP contribution in [0.3, 0.4) is 0 Å². The Morgan fingerprint density at radius 2 is 1.81 bits per heavy atom. The van der Waals surface area contributed by atoms with Gasteiger partial charge < -0.3 is 22.1 Å². The summed E-state index contributed by atoms with van der Waals surface area (Å²) in [6, 6.07) is 5.15. The summed E-state index contributed by atoms with van der Waals surface area (Å²) in [4.78, 5) is 31.7. The molecule has 6 N–H and O–H groups in total. The highest BCUT2D eigenvalue weighted by Crippen LogP contribution is 2.22. The van der Waals surface area contributed by atoms with E-state index in [4.69, 9.17) is 11.5 Å². The van der Waals surface area contributed by atoms with E-state index in [1.54, 1.807) is 0 Å². The summed E-state index contributed by atoms with van der Waals surface area (Å²) in [5.74, 6) is -0.715. The second kappa shape index (κ2) is 7.81. The van der Waals surface area contributed by atoms with Crippen LogP contribution in [0.4, 0.5) is 17.3 Å². The number of nitrogens with one attached hydrogen (secondary N) is 2. The lowest BCUT2D eigenvalue weighted by Gasteiger charge is -2.20. The number of anilines is 3. The van der Waals surface area contributed by atoms with Gasteiger partial charge in [0.05, 0.1) is 6.20 Å². The highest BCUT2D eigenvalue weighted by Gasteiger charge is 2.21. The predicted molar refractivity (Wildman–Crippen MR) is 101 cm³/mol. The average Bonchev–Trinajstić information content (AvgIpc) is 2.55. The molecule has 0 fully saturated rings. The number of hydrogen-bond donors (Lipinski definition) is 4. The molecule has 26 heavy (non-hydrogen) atoms. The van der Waals surface area contributed by atoms with Gasteiger partial charge in [-0.3, -0.25) is 9.59 Å². The minimum absolute atomic E-state index is 0.00829. The first-order valence-corrected chi connectivity index (χ1v) is 8.26. The van der Waals surface area contributed by atoms with Crippen LogP contribution in [-0.2, 0) is 4.79 Å². The molecule has 1 atom stereocenters. The van der Waals surface area contributed by atoms with Crippen LogP contribution in [-0.4, -0.2) is 27.8 Å². The molecule has 0 radical (unpaired) electrons. The minimum atomic E-state index is -0.703. The van der Waals surface area contributed by atoms with Gasteiger partial charge in [-0.15, -0.1) is 0 Å². The van der Waals surface area contributed by atoms with E-state index < -0.39 is 17.9 Å². The van der Waals surface area contributed by atoms with Gasteiger partial charge in [-0.2, -0.15) is 0 Å². The first kappa shape index (κ1) is 19.2. The summed E-state index contributed by atoms with van der Waals surface area (Å²) in [6.07, 6.45) is 1.35. The molecule has 0 saturated heterocycles. The highest BCUT2D eigenvalue weighted by molar-refractivity contribution is 5.96. The molecule has 0 aliphatic rings. The van der Waals surface area contributed by atoms with Crippen LogP contribution in [0, 0.1) is 19.8 Å². The van der Waals surface area contributed by atoms with Gasteiger partial charge >= 0.3 is 0 Å². The first-order valence-electron chi connectivity index (χ1n) is 8.26. The van der Waals surface area contributed by atoms with E-state index in [1.807, 2.05) is 45.9 Å². The summed E-state index contributed by atoms with van der Waals surface area (Å²) in [7, 11) is 0. The van der Waals surface area contributed by atoms with E-state index in [2.05, 4.69) is 20.6 Å². The molecule has 8 heteroatoms. The Kier molecular flexibility index (Phi) is 5.76. The third-order valence-corrected chi connectivity index (χ3v) is 4.05. The summed E-state index contributed by atoms with van der Waals surface area (Å²) in [6.45, 7) is 7.72. The number of aromatic nitrogens is 2. The molecule has 1 aromatic carbocycles. The van der Waals surface area contributed by atoms with Gasteiger partial charge in [0.2, 0.25) is 5.91 Å². The quantitative estimate of drug-likeness (QED) is 0.598. The third-order valence-electron chi connectivity index (χ3n) is 4.05. The molecule has 0 spiro atoms. The van der Waals surface area contributed by atoms with Gasteiger partial charge in [0.15, 0.2) is 11.5 Å². The lowest BCUT2D eigenvalue weighted by atomic mass is 10.0. The van der Waals surface area contributed by atoms with E-state index in [-0.39, 0.29) is 17.4 Å². The first-order chi connectivity index (χ1) is 12.2. The fourth-order valence-electron chi connectivity index (χ4n) is 2.41. The van der Waals surface area contributed by atoms with Crippen LogP contribution < -0.4 is 22.1 Å². The normalized spacial score (nSPS) is 11.9. The fraction of sp³-hybridized carbons (Fsp3) is 0.333. The van der Waals surface area contributed by atoms with Gasteiger partial charge in [0.1, 0.15) is 11.9 Å². The summed E-state index contributed by atoms with van der Waals surface area (Å²) in [5, 5.41) is 6.01. The van der Waals surface area contributed by atoms with Crippen molar-refractivity contribution in [2.75, 3.05) is 10.6 Å². The number of benzene rings is 1. The molecule has 0 aliphatic carbocycles. The number of rotatable bonds is 7. The summed E-state index contributed by atoms with van der Waals surface area (Å²) in [5.41, 5.74) is 13.8. The van der Waals surface area contributed by atoms with Crippen molar-refractivity contribution in [1.29, 1.82) is 0 Å². The Labute approximate surface area is 152 Å². The Morgan fingerprint density at radius 3 is 2.35 bits per heavy atom. The van der Waals surface area contributed by atoms with Crippen LogP contribution in [0.5, 0.6) is 0 Å². The zero-order valence-electron chi connectivity index (χ0n) is 15.3. The van der Waals surface area contributed by atoms with E-state index in [9.17, 15) is 9.59 Å². The standard InChI is InChI=1S/C18H24N6O2/c1-9(2)14(16(19)25)23-13-8-21-15(17(20)26)18(24-13)22-12-6-5-10(3)11(4)7-12/h5-9,14H,1-4H3,(H2,19,25)(H2,20,26)(H2,22,23,24)/t14-/m1/s1. The van der Waals surface area contributed by atoms with Crippen molar-refractivity contribution >= 4 is 29.1 Å². The third kappa shape index (κ3) is 4.47. The molecule has 0 bridgehead atoms. The second-order valence-corrected chi connectivity index (χ2v) is 6.51. The van der Waals surface area contributed by atoms with E-state index in [0.717, 1.165) is 16.8 Å². The maximum atomic E-state index is 11.7. The Balaban J connectivity index is 2.37. The molecule has 1 aromatic heterocycles. The largest absolute Gasteiger partial charge is 0.368 e. The molecule has 0 unspecified atom stereocenters. The number of hydrogen-bond acceptors (Lipinski definition) is 6. The number of aryl methyl sites for hydroxylation is 2. The van der Waals surface area contributed by atoms with Crippen molar-refractivity contribution in [1.82, 2.24) is 9.97 Å². The van der Waals surface area contributed by atoms with Crippen molar-refractivity contribution in [3.63, 3.8) is 0 Å². The van der Waals surface area contributed by atoms with E-state index in [0.29, 0.717) is 5.82 Å². The van der Waals surface area contributed by atoms with Gasteiger partial charge in [-0.05, 0) is 43.0 Å². The molecule has 2 amide bonds. The predicted octanol–water partition coefficient (Wildman–Crippen LogP) is 1.86. The second-order valence-electron chi connectivity index (χ2n) is 6.51. The topological polar surface area (TPSA) is 136 Å². The van der Waals surface area contributed by atoms with Gasteiger partial charge in [-0.25, -0.2) is 9.97 Å². The number of nitrogens with zero attached hydrogens (tertiary/aromatic N) is 2. The maximum Gasteiger partial charge on any atom is 0.271 e. The summed E-state index contributed by atoms with van der Waals surface area (Å²) >= 11 is 0. The number of nitrogens with two attached hydrogens (primary N) is 2. The molecule has 0 saturated carbocycles. The zero-order chi connectivity index (χ0) is 19.4. The fourth-order valence-corrected chi connectivity index (χ4v) is 2.41. The molecule has 138 valence electrons. The molecule has 2 rings (SSSR count). The molecule has 1 heterocycles. The minimum Gasteiger partial charge on any atom is -0.368 e. The zero-order valence-corrected chi connectivity index (χ0v) is 15.3. The smallest absolute Gasteiger partial charge is 0.271 e. The molecule has 8 nitrogen and oxygen atoms in total. The maximum absolute atomic E-state index is 11.7. The Morgan fingerprint density at radius 1 is 1.12 bits per heavy atom. The average molecular weight is 356 g/mol. The van der Waals surface area contributed by atoms with Crippen LogP contribution in [0.15, 0.2) is 24.4 Å². The van der Waals surface area contributed by atoms with Gasteiger partial charge in [0, 0.05) is 5.69 Å². The SMILES string of the molecule is Cc1ccc(Nc2nc(N[C@@H](C(N)=O)C(C)C)cnc2C(N)=O)cc1C. The Hall–Kier alpha value is -3.16. The van der Waals surface area contributed by atoms with Crippen molar-refractivity contribution in [2.45, 2.75) is 33.7 Å². The van der Waals surface area contributed by atoms with E-state index in [1.165, 1.54) is 6.20 Å². The number of primary amides is 2. The van der Waals surface area contributed by atoms with Crippen LogP contribution in [0.2, 0.25) is 0 Å². The number of carbonyl (C=O) groups is 2. The Bertz CT molecular complexity index is 834. The summed E-state index contributed by atoms with van der Waals surface area (Å²) < 4.78 is 0. The van der Waals surface area contributed by atoms with Gasteiger partial charge in [-0.1, -0.05) is 19.9 Å². The van der Waals surface area contributed by atoms with Crippen LogP contribution in [0.1, 0.15) is 35.5 Å². The van der Waals surface area contributed by atoms with Crippen LogP contribution >= 0.6 is 0 Å². The number of amides is 2. The lowest BCUT2D eigenvalue weighted by molar-refractivity contribution is -0.119. The molecule has 2 aromatic rings. The van der Waals surface area contributed by atoms with Crippen molar-refractivity contribution in [2.24, 2.45) is 17.4 Å². The molecule has 0 aliphatic heterocycles. The monoisotopic (exact) mass is 356 g/mol. The van der Waals surface area contributed by atoms with E-state index >= 15 is 0 Å². The molecular formula is C18H24N6O2. The van der Waals surface area contributed by atoms with Crippen molar-refractivity contribution < 1.29 is 9.59 Å².